The standard InChI is InChI=1S/C24H18Cl2N2O2/c1-2-30-19-13-7-16(8-14-19)15-22-24(29)28(18-11-9-17(25)10-12-18)23(27-22)20-5-3-4-6-21(20)26/h3-15H,2H2,1H3/b22-15+. The maximum atomic E-state index is 13.3. The van der Waals surface area contributed by atoms with Crippen LogP contribution in [0.25, 0.3) is 6.08 Å². The molecule has 4 nitrogen and oxygen atoms in total. The molecule has 0 fully saturated rings. The fourth-order valence-electron chi connectivity index (χ4n) is 3.15. The van der Waals surface area contributed by atoms with Crippen LogP contribution >= 0.6 is 23.2 Å². The molecule has 0 aromatic heterocycles. The Hall–Kier alpha value is -3.08. The molecule has 1 heterocycles. The van der Waals surface area contributed by atoms with Crippen molar-refractivity contribution in [1.29, 1.82) is 0 Å². The minimum Gasteiger partial charge on any atom is -0.494 e. The minimum absolute atomic E-state index is 0.235. The van der Waals surface area contributed by atoms with Crippen LogP contribution in [0.15, 0.2) is 83.5 Å². The molecule has 30 heavy (non-hydrogen) atoms. The van der Waals surface area contributed by atoms with Gasteiger partial charge < -0.3 is 4.74 Å². The number of nitrogens with zero attached hydrogens (tertiary/aromatic N) is 2. The number of ether oxygens (including phenoxy) is 1. The highest BCUT2D eigenvalue weighted by Crippen LogP contribution is 2.31. The second-order valence-electron chi connectivity index (χ2n) is 6.56. The van der Waals surface area contributed by atoms with Gasteiger partial charge in [-0.25, -0.2) is 4.99 Å². The fraction of sp³-hybridized carbons (Fsp3) is 0.0833. The van der Waals surface area contributed by atoms with Crippen LogP contribution in [0.5, 0.6) is 5.75 Å². The van der Waals surface area contributed by atoms with Gasteiger partial charge in [-0.2, -0.15) is 0 Å². The molecule has 0 saturated heterocycles. The second-order valence-corrected chi connectivity index (χ2v) is 7.41. The highest BCUT2D eigenvalue weighted by Gasteiger charge is 2.33. The Morgan fingerprint density at radius 3 is 2.33 bits per heavy atom. The lowest BCUT2D eigenvalue weighted by molar-refractivity contribution is -0.113. The highest BCUT2D eigenvalue weighted by atomic mass is 35.5. The van der Waals surface area contributed by atoms with Gasteiger partial charge in [0.25, 0.3) is 5.91 Å². The molecular formula is C24H18Cl2N2O2. The first-order chi connectivity index (χ1) is 14.6. The topological polar surface area (TPSA) is 41.9 Å². The molecule has 0 N–H and O–H groups in total. The third-order valence-corrected chi connectivity index (χ3v) is 5.14. The van der Waals surface area contributed by atoms with Crippen LogP contribution in [0.3, 0.4) is 0 Å². The number of hydrogen-bond donors (Lipinski definition) is 0. The summed E-state index contributed by atoms with van der Waals surface area (Å²) in [5.74, 6) is 1.02. The van der Waals surface area contributed by atoms with E-state index in [-0.39, 0.29) is 5.91 Å². The Bertz CT molecular complexity index is 1140. The lowest BCUT2D eigenvalue weighted by atomic mass is 10.1. The third kappa shape index (κ3) is 4.11. The van der Waals surface area contributed by atoms with Crippen LogP contribution in [-0.4, -0.2) is 18.3 Å². The summed E-state index contributed by atoms with van der Waals surface area (Å²) in [5, 5.41) is 1.11. The number of hydrogen-bond acceptors (Lipinski definition) is 3. The van der Waals surface area contributed by atoms with Crippen molar-refractivity contribution in [3.63, 3.8) is 0 Å². The zero-order valence-electron chi connectivity index (χ0n) is 16.2. The average molecular weight is 437 g/mol. The summed E-state index contributed by atoms with van der Waals surface area (Å²) >= 11 is 12.4. The normalized spacial score (nSPS) is 14.9. The molecule has 3 aromatic carbocycles. The summed E-state index contributed by atoms with van der Waals surface area (Å²) in [4.78, 5) is 19.5. The molecule has 0 atom stereocenters. The molecule has 0 saturated carbocycles. The van der Waals surface area contributed by atoms with Crippen molar-refractivity contribution in [1.82, 2.24) is 0 Å². The van der Waals surface area contributed by atoms with E-state index in [0.29, 0.717) is 39.4 Å². The van der Waals surface area contributed by atoms with Crippen molar-refractivity contribution >= 4 is 46.7 Å². The van der Waals surface area contributed by atoms with Gasteiger partial charge in [0.2, 0.25) is 0 Å². The number of amidine groups is 1. The second kappa shape index (κ2) is 8.74. The molecule has 0 aliphatic carbocycles. The van der Waals surface area contributed by atoms with E-state index in [1.807, 2.05) is 49.4 Å². The summed E-state index contributed by atoms with van der Waals surface area (Å²) in [6, 6.07) is 21.9. The fourth-order valence-corrected chi connectivity index (χ4v) is 3.50. The molecule has 1 aliphatic rings. The van der Waals surface area contributed by atoms with Crippen LogP contribution in [0.2, 0.25) is 10.0 Å². The molecule has 150 valence electrons. The maximum Gasteiger partial charge on any atom is 0.282 e. The molecule has 0 spiro atoms. The SMILES string of the molecule is CCOc1ccc(/C=C2/N=C(c3ccccc3Cl)N(c3ccc(Cl)cc3)C2=O)cc1. The van der Waals surface area contributed by atoms with Crippen molar-refractivity contribution in [2.45, 2.75) is 6.92 Å². The van der Waals surface area contributed by atoms with Crippen LogP contribution in [-0.2, 0) is 4.79 Å². The van der Waals surface area contributed by atoms with Gasteiger partial charge in [-0.05, 0) is 67.1 Å². The summed E-state index contributed by atoms with van der Waals surface area (Å²) in [7, 11) is 0. The average Bonchev–Trinajstić information content (AvgIpc) is 3.06. The third-order valence-electron chi connectivity index (χ3n) is 4.55. The van der Waals surface area contributed by atoms with Crippen LogP contribution < -0.4 is 9.64 Å². The highest BCUT2D eigenvalue weighted by molar-refractivity contribution is 6.39. The van der Waals surface area contributed by atoms with Crippen LogP contribution in [0.1, 0.15) is 18.1 Å². The maximum absolute atomic E-state index is 13.3. The molecule has 1 aliphatic heterocycles. The Labute approximate surface area is 185 Å². The van der Waals surface area contributed by atoms with Gasteiger partial charge in [0.05, 0.1) is 17.3 Å². The number of amides is 1. The lowest BCUT2D eigenvalue weighted by Crippen LogP contribution is -2.32. The number of carbonyl (C=O) groups is 1. The van der Waals surface area contributed by atoms with Gasteiger partial charge in [-0.15, -0.1) is 0 Å². The molecule has 4 rings (SSSR count). The number of aliphatic imine (C=N–C) groups is 1. The van der Waals surface area contributed by atoms with Crippen LogP contribution in [0, 0.1) is 0 Å². The first-order valence-corrected chi connectivity index (χ1v) is 10.2. The van der Waals surface area contributed by atoms with Crippen molar-refractivity contribution < 1.29 is 9.53 Å². The first-order valence-electron chi connectivity index (χ1n) is 9.45. The minimum atomic E-state index is -0.235. The van der Waals surface area contributed by atoms with E-state index in [0.717, 1.165) is 11.3 Å². The largest absolute Gasteiger partial charge is 0.494 e. The first kappa shape index (κ1) is 20.2. The van der Waals surface area contributed by atoms with E-state index < -0.39 is 0 Å². The van der Waals surface area contributed by atoms with Gasteiger partial charge in [0.1, 0.15) is 17.3 Å². The number of halogens is 2. The van der Waals surface area contributed by atoms with Crippen LogP contribution in [0.4, 0.5) is 5.69 Å². The molecule has 0 bridgehead atoms. The lowest BCUT2D eigenvalue weighted by Gasteiger charge is -2.19. The summed E-state index contributed by atoms with van der Waals surface area (Å²) < 4.78 is 5.48. The quantitative estimate of drug-likeness (QED) is 0.445. The summed E-state index contributed by atoms with van der Waals surface area (Å²) in [6.45, 7) is 2.53. The number of benzene rings is 3. The van der Waals surface area contributed by atoms with Crippen molar-refractivity contribution in [2.75, 3.05) is 11.5 Å². The zero-order chi connectivity index (χ0) is 21.1. The van der Waals surface area contributed by atoms with E-state index in [2.05, 4.69) is 4.99 Å². The number of anilines is 1. The van der Waals surface area contributed by atoms with Gasteiger partial charge >= 0.3 is 0 Å². The molecule has 0 radical (unpaired) electrons. The predicted octanol–water partition coefficient (Wildman–Crippen LogP) is 6.23. The van der Waals surface area contributed by atoms with E-state index >= 15 is 0 Å². The number of carbonyl (C=O) groups excluding carboxylic acids is 1. The monoisotopic (exact) mass is 436 g/mol. The Morgan fingerprint density at radius 1 is 0.967 bits per heavy atom. The Kier molecular flexibility index (Phi) is 5.88. The van der Waals surface area contributed by atoms with Gasteiger partial charge in [0.15, 0.2) is 0 Å². The predicted molar refractivity (Wildman–Crippen MR) is 123 cm³/mol. The van der Waals surface area contributed by atoms with Gasteiger partial charge in [-0.3, -0.25) is 9.69 Å². The van der Waals surface area contributed by atoms with Crippen molar-refractivity contribution in [2.24, 2.45) is 4.99 Å². The van der Waals surface area contributed by atoms with E-state index in [9.17, 15) is 4.79 Å². The van der Waals surface area contributed by atoms with E-state index in [4.69, 9.17) is 27.9 Å². The zero-order valence-corrected chi connectivity index (χ0v) is 17.7. The molecule has 3 aromatic rings. The molecule has 0 unspecified atom stereocenters. The molecule has 1 amide bonds. The Morgan fingerprint density at radius 2 is 1.67 bits per heavy atom. The van der Waals surface area contributed by atoms with E-state index in [1.54, 1.807) is 41.3 Å². The van der Waals surface area contributed by atoms with Crippen molar-refractivity contribution in [3.05, 3.63) is 99.7 Å². The van der Waals surface area contributed by atoms with Gasteiger partial charge in [-0.1, -0.05) is 47.5 Å². The van der Waals surface area contributed by atoms with Gasteiger partial charge in [0, 0.05) is 10.6 Å². The summed E-state index contributed by atoms with van der Waals surface area (Å²) in [6.07, 6.45) is 1.75. The Balaban J connectivity index is 1.77. The molecular weight excluding hydrogens is 419 g/mol. The van der Waals surface area contributed by atoms with Crippen molar-refractivity contribution in [3.8, 4) is 5.75 Å². The smallest absolute Gasteiger partial charge is 0.282 e. The number of rotatable bonds is 5. The van der Waals surface area contributed by atoms with E-state index in [1.165, 1.54) is 0 Å². The molecule has 6 heteroatoms. The summed E-state index contributed by atoms with van der Waals surface area (Å²) in [5.41, 5.74) is 2.52.